The molecular formula is C16H13ClFNO. The molecular weight excluding hydrogens is 277 g/mol. The number of hydrogen-bond acceptors (Lipinski definition) is 2. The van der Waals surface area contributed by atoms with E-state index in [0.29, 0.717) is 21.9 Å². The fraction of sp³-hybridized carbons (Fsp3) is 0.125. The van der Waals surface area contributed by atoms with Crippen LogP contribution >= 0.6 is 11.6 Å². The van der Waals surface area contributed by atoms with Crippen molar-refractivity contribution in [1.82, 2.24) is 0 Å². The molecule has 2 rings (SSSR count). The minimum absolute atomic E-state index is 0.241. The highest BCUT2D eigenvalue weighted by molar-refractivity contribution is 6.30. The van der Waals surface area contributed by atoms with E-state index < -0.39 is 0 Å². The predicted octanol–water partition coefficient (Wildman–Crippen LogP) is 3.37. The number of benzene rings is 2. The van der Waals surface area contributed by atoms with Gasteiger partial charge in [0.1, 0.15) is 18.2 Å². The minimum Gasteiger partial charge on any atom is -0.489 e. The molecule has 0 amide bonds. The average Bonchev–Trinajstić information content (AvgIpc) is 2.42. The molecule has 2 nitrogen and oxygen atoms in total. The van der Waals surface area contributed by atoms with Crippen LogP contribution in [0.3, 0.4) is 0 Å². The summed E-state index contributed by atoms with van der Waals surface area (Å²) in [5.41, 5.74) is 6.58. The predicted molar refractivity (Wildman–Crippen MR) is 78.1 cm³/mol. The first-order valence-corrected chi connectivity index (χ1v) is 6.42. The van der Waals surface area contributed by atoms with Crippen LogP contribution in [0.1, 0.15) is 11.1 Å². The van der Waals surface area contributed by atoms with Gasteiger partial charge in [0.15, 0.2) is 0 Å². The Morgan fingerprint density at radius 1 is 1.20 bits per heavy atom. The van der Waals surface area contributed by atoms with E-state index in [1.165, 1.54) is 12.1 Å². The summed E-state index contributed by atoms with van der Waals surface area (Å²) in [7, 11) is 0. The largest absolute Gasteiger partial charge is 0.489 e. The van der Waals surface area contributed by atoms with Crippen molar-refractivity contribution in [3.05, 3.63) is 64.4 Å². The number of ether oxygens (including phenoxy) is 1. The molecule has 2 aromatic rings. The zero-order valence-electron chi connectivity index (χ0n) is 10.7. The van der Waals surface area contributed by atoms with Crippen molar-refractivity contribution in [3.8, 4) is 17.6 Å². The lowest BCUT2D eigenvalue weighted by molar-refractivity contribution is 0.305. The molecule has 0 radical (unpaired) electrons. The molecule has 0 saturated heterocycles. The Kier molecular flexibility index (Phi) is 5.00. The van der Waals surface area contributed by atoms with Gasteiger partial charge in [-0.05, 0) is 42.0 Å². The van der Waals surface area contributed by atoms with Gasteiger partial charge in [-0.3, -0.25) is 0 Å². The summed E-state index contributed by atoms with van der Waals surface area (Å²) in [6, 6.07) is 11.6. The molecule has 0 heterocycles. The third-order valence-electron chi connectivity index (χ3n) is 2.49. The summed E-state index contributed by atoms with van der Waals surface area (Å²) in [6.07, 6.45) is 0. The lowest BCUT2D eigenvalue weighted by atomic mass is 10.1. The van der Waals surface area contributed by atoms with Gasteiger partial charge in [0.2, 0.25) is 0 Å². The zero-order chi connectivity index (χ0) is 14.4. The highest BCUT2D eigenvalue weighted by Gasteiger charge is 2.01. The lowest BCUT2D eigenvalue weighted by Crippen LogP contribution is -1.97. The second kappa shape index (κ2) is 6.95. The summed E-state index contributed by atoms with van der Waals surface area (Å²) in [4.78, 5) is 0. The second-order valence-corrected chi connectivity index (χ2v) is 4.54. The van der Waals surface area contributed by atoms with Gasteiger partial charge in [-0.25, -0.2) is 4.39 Å². The van der Waals surface area contributed by atoms with E-state index in [9.17, 15) is 4.39 Å². The van der Waals surface area contributed by atoms with Crippen LogP contribution in [0.2, 0.25) is 5.02 Å². The van der Waals surface area contributed by atoms with E-state index in [0.717, 1.165) is 0 Å². The second-order valence-electron chi connectivity index (χ2n) is 4.10. The third kappa shape index (κ3) is 4.27. The van der Waals surface area contributed by atoms with Crippen LogP contribution < -0.4 is 10.5 Å². The minimum atomic E-state index is -0.349. The average molecular weight is 290 g/mol. The lowest BCUT2D eigenvalue weighted by Gasteiger charge is -2.07. The van der Waals surface area contributed by atoms with Gasteiger partial charge in [0, 0.05) is 10.6 Å². The Bertz CT molecular complexity index is 661. The first kappa shape index (κ1) is 14.4. The standard InChI is InChI=1S/C16H13ClFNO/c17-14-4-1-5-16(10-14)20-11-13-7-12(3-2-6-19)8-15(18)9-13/h1,4-5,7-10H,6,11,19H2. The van der Waals surface area contributed by atoms with Crippen molar-refractivity contribution < 1.29 is 9.13 Å². The maximum absolute atomic E-state index is 13.5. The maximum Gasteiger partial charge on any atom is 0.124 e. The van der Waals surface area contributed by atoms with E-state index in [-0.39, 0.29) is 19.0 Å². The van der Waals surface area contributed by atoms with Crippen molar-refractivity contribution in [2.24, 2.45) is 5.73 Å². The van der Waals surface area contributed by atoms with Crippen LogP contribution in [0.15, 0.2) is 42.5 Å². The van der Waals surface area contributed by atoms with Crippen LogP contribution in [-0.4, -0.2) is 6.54 Å². The molecule has 0 bridgehead atoms. The van der Waals surface area contributed by atoms with Gasteiger partial charge in [-0.15, -0.1) is 0 Å². The molecule has 2 aromatic carbocycles. The molecule has 2 N–H and O–H groups in total. The fourth-order valence-corrected chi connectivity index (χ4v) is 1.86. The molecule has 0 aliphatic heterocycles. The van der Waals surface area contributed by atoms with Crippen molar-refractivity contribution >= 4 is 11.6 Å². The van der Waals surface area contributed by atoms with Gasteiger partial charge in [0.25, 0.3) is 0 Å². The highest BCUT2D eigenvalue weighted by Crippen LogP contribution is 2.19. The molecule has 0 saturated carbocycles. The molecule has 0 atom stereocenters. The van der Waals surface area contributed by atoms with E-state index in [4.69, 9.17) is 22.1 Å². The summed E-state index contributed by atoms with van der Waals surface area (Å²) in [6.45, 7) is 0.486. The Morgan fingerprint density at radius 2 is 2.05 bits per heavy atom. The van der Waals surface area contributed by atoms with Crippen molar-refractivity contribution in [2.75, 3.05) is 6.54 Å². The number of hydrogen-bond donors (Lipinski definition) is 1. The van der Waals surface area contributed by atoms with Crippen LogP contribution in [0.25, 0.3) is 0 Å². The first-order valence-electron chi connectivity index (χ1n) is 6.04. The third-order valence-corrected chi connectivity index (χ3v) is 2.73. The van der Waals surface area contributed by atoms with E-state index in [1.807, 2.05) is 0 Å². The number of halogens is 2. The van der Waals surface area contributed by atoms with E-state index in [1.54, 1.807) is 30.3 Å². The van der Waals surface area contributed by atoms with Crippen LogP contribution in [0.4, 0.5) is 4.39 Å². The van der Waals surface area contributed by atoms with Crippen molar-refractivity contribution in [2.45, 2.75) is 6.61 Å². The Balaban J connectivity index is 2.11. The van der Waals surface area contributed by atoms with Crippen LogP contribution in [-0.2, 0) is 6.61 Å². The van der Waals surface area contributed by atoms with Gasteiger partial charge in [0.05, 0.1) is 6.54 Å². The van der Waals surface area contributed by atoms with Gasteiger partial charge in [-0.2, -0.15) is 0 Å². The smallest absolute Gasteiger partial charge is 0.124 e. The van der Waals surface area contributed by atoms with Crippen molar-refractivity contribution in [3.63, 3.8) is 0 Å². The quantitative estimate of drug-likeness (QED) is 0.879. The Morgan fingerprint density at radius 3 is 2.80 bits per heavy atom. The molecule has 20 heavy (non-hydrogen) atoms. The first-order chi connectivity index (χ1) is 9.67. The zero-order valence-corrected chi connectivity index (χ0v) is 11.5. The van der Waals surface area contributed by atoms with Crippen LogP contribution in [0, 0.1) is 17.7 Å². The summed E-state index contributed by atoms with van der Waals surface area (Å²) < 4.78 is 19.0. The number of nitrogens with two attached hydrogens (primary N) is 1. The SMILES string of the molecule is NCC#Cc1cc(F)cc(COc2cccc(Cl)c2)c1. The topological polar surface area (TPSA) is 35.2 Å². The Labute approximate surface area is 122 Å². The molecule has 0 aromatic heterocycles. The fourth-order valence-electron chi connectivity index (χ4n) is 1.68. The highest BCUT2D eigenvalue weighted by atomic mass is 35.5. The molecule has 0 fully saturated rings. The molecule has 0 unspecified atom stereocenters. The number of rotatable bonds is 3. The molecule has 0 aliphatic carbocycles. The van der Waals surface area contributed by atoms with Gasteiger partial charge < -0.3 is 10.5 Å². The van der Waals surface area contributed by atoms with Gasteiger partial charge in [-0.1, -0.05) is 29.5 Å². The molecule has 102 valence electrons. The van der Waals surface area contributed by atoms with Crippen molar-refractivity contribution in [1.29, 1.82) is 0 Å². The molecule has 4 heteroatoms. The summed E-state index contributed by atoms with van der Waals surface area (Å²) in [5, 5.41) is 0.594. The molecule has 0 aliphatic rings. The summed E-state index contributed by atoms with van der Waals surface area (Å²) in [5.74, 6) is 5.78. The maximum atomic E-state index is 13.5. The Hall–Kier alpha value is -2.02. The summed E-state index contributed by atoms with van der Waals surface area (Å²) >= 11 is 5.86. The van der Waals surface area contributed by atoms with Crippen LogP contribution in [0.5, 0.6) is 5.75 Å². The monoisotopic (exact) mass is 289 g/mol. The molecule has 0 spiro atoms. The van der Waals surface area contributed by atoms with Gasteiger partial charge >= 0.3 is 0 Å². The normalized spacial score (nSPS) is 9.75. The van der Waals surface area contributed by atoms with E-state index >= 15 is 0 Å². The van der Waals surface area contributed by atoms with E-state index in [2.05, 4.69) is 11.8 Å².